The Hall–Kier alpha value is -3.83. The normalized spacial score (nSPS) is 11.9. The Bertz CT molecular complexity index is 1450. The van der Waals surface area contributed by atoms with Gasteiger partial charge in [0.25, 0.3) is 11.5 Å². The number of carbonyl (C=O) groups is 1. The van der Waals surface area contributed by atoms with Crippen molar-refractivity contribution in [3.63, 3.8) is 0 Å². The van der Waals surface area contributed by atoms with Crippen molar-refractivity contribution in [2.45, 2.75) is 19.5 Å². The summed E-state index contributed by atoms with van der Waals surface area (Å²) in [5.41, 5.74) is 0.277. The first-order valence-corrected chi connectivity index (χ1v) is 11.3. The van der Waals surface area contributed by atoms with Crippen molar-refractivity contribution in [1.29, 1.82) is 0 Å². The smallest absolute Gasteiger partial charge is 0.272 e. The van der Waals surface area contributed by atoms with Gasteiger partial charge in [-0.2, -0.15) is 14.2 Å². The molecule has 0 saturated heterocycles. The Morgan fingerprint density at radius 2 is 1.89 bits per heavy atom. The molecule has 0 saturated carbocycles. The quantitative estimate of drug-likeness (QED) is 0.376. The van der Waals surface area contributed by atoms with Gasteiger partial charge in [-0.3, -0.25) is 9.59 Å². The van der Waals surface area contributed by atoms with Gasteiger partial charge in [0, 0.05) is 28.6 Å². The Morgan fingerprint density at radius 1 is 1.11 bits per heavy atom. The number of hydrogen-bond acceptors (Lipinski definition) is 6. The molecule has 180 valence electrons. The predicted molar refractivity (Wildman–Crippen MR) is 126 cm³/mol. The van der Waals surface area contributed by atoms with Gasteiger partial charge in [-0.1, -0.05) is 0 Å². The minimum absolute atomic E-state index is 0.0894. The molecule has 0 aliphatic carbocycles. The summed E-state index contributed by atoms with van der Waals surface area (Å²) < 4.78 is 42.4. The molecule has 3 heterocycles. The topological polar surface area (TPSA) is 88.9 Å². The van der Waals surface area contributed by atoms with E-state index in [1.165, 1.54) is 35.7 Å². The molecule has 0 aliphatic rings. The third-order valence-electron chi connectivity index (χ3n) is 5.18. The molecule has 0 spiro atoms. The van der Waals surface area contributed by atoms with Gasteiger partial charge in [0.15, 0.2) is 11.6 Å². The lowest BCUT2D eigenvalue weighted by Gasteiger charge is -2.13. The molecule has 1 amide bonds. The van der Waals surface area contributed by atoms with Gasteiger partial charge in [0.1, 0.15) is 11.4 Å². The molecule has 3 aromatic heterocycles. The summed E-state index contributed by atoms with van der Waals surface area (Å²) in [6, 6.07) is 10.6. The van der Waals surface area contributed by atoms with Crippen LogP contribution in [0.25, 0.3) is 16.1 Å². The lowest BCUT2D eigenvalue weighted by Crippen LogP contribution is -2.30. The van der Waals surface area contributed by atoms with Crippen LogP contribution in [0.1, 0.15) is 33.9 Å². The molecule has 4 rings (SSSR count). The van der Waals surface area contributed by atoms with Crippen molar-refractivity contribution >= 4 is 17.2 Å². The van der Waals surface area contributed by atoms with E-state index in [2.05, 4.69) is 20.7 Å². The van der Waals surface area contributed by atoms with Gasteiger partial charge in [-0.25, -0.2) is 13.8 Å². The van der Waals surface area contributed by atoms with Crippen LogP contribution in [-0.4, -0.2) is 27.7 Å². The third kappa shape index (κ3) is 5.15. The summed E-state index contributed by atoms with van der Waals surface area (Å²) in [7, 11) is 1.71. The minimum Gasteiger partial charge on any atom is -0.343 e. The fourth-order valence-electron chi connectivity index (χ4n) is 3.47. The summed E-state index contributed by atoms with van der Waals surface area (Å²) in [5.74, 6) is -3.33. The molecule has 11 heteroatoms. The van der Waals surface area contributed by atoms with E-state index in [1.54, 1.807) is 26.1 Å². The first kappa shape index (κ1) is 24.3. The molecule has 7 nitrogen and oxygen atoms in total. The number of aromatic nitrogens is 3. The van der Waals surface area contributed by atoms with Crippen LogP contribution >= 0.6 is 11.3 Å². The fourth-order valence-corrected chi connectivity index (χ4v) is 4.53. The van der Waals surface area contributed by atoms with Crippen molar-refractivity contribution in [3.05, 3.63) is 98.8 Å². The summed E-state index contributed by atoms with van der Waals surface area (Å²) >= 11 is 1.33. The maximum atomic E-state index is 14.0. The lowest BCUT2D eigenvalue weighted by atomic mass is 10.1. The van der Waals surface area contributed by atoms with E-state index in [4.69, 9.17) is 0 Å². The highest BCUT2D eigenvalue weighted by Crippen LogP contribution is 2.34. The van der Waals surface area contributed by atoms with E-state index in [9.17, 15) is 22.8 Å². The van der Waals surface area contributed by atoms with Crippen molar-refractivity contribution in [2.75, 3.05) is 7.05 Å². The van der Waals surface area contributed by atoms with E-state index in [-0.39, 0.29) is 11.4 Å². The SMILES string of the molecule is CNCc1cc(F)c(F)cc1-c1ccc([C@@H](C)NC(=O)c2ccc(=O)n(-c3cccnc3F)n2)s1. The van der Waals surface area contributed by atoms with Crippen molar-refractivity contribution in [2.24, 2.45) is 0 Å². The Kier molecular flexibility index (Phi) is 7.08. The standard InChI is InChI=1S/C24H20F3N5O2S/c1-13(20-6-7-21(35-20)15-11-17(26)16(25)10-14(15)12-28-2)30-24(34)18-5-8-22(33)32(31-18)19-4-3-9-29-23(19)27/h3-11,13,28H,12H2,1-2H3,(H,30,34)/t13-/m1/s1. The van der Waals surface area contributed by atoms with Crippen LogP contribution in [0.3, 0.4) is 0 Å². The number of rotatable bonds is 7. The van der Waals surface area contributed by atoms with E-state index in [0.29, 0.717) is 22.5 Å². The molecule has 0 unspecified atom stereocenters. The van der Waals surface area contributed by atoms with Gasteiger partial charge in [0.05, 0.1) is 6.04 Å². The monoisotopic (exact) mass is 499 g/mol. The van der Waals surface area contributed by atoms with Crippen molar-refractivity contribution in [1.82, 2.24) is 25.4 Å². The molecule has 1 atom stereocenters. The molecule has 2 N–H and O–H groups in total. The highest BCUT2D eigenvalue weighted by atomic mass is 32.1. The zero-order valence-electron chi connectivity index (χ0n) is 18.7. The second-order valence-electron chi connectivity index (χ2n) is 7.63. The predicted octanol–water partition coefficient (Wildman–Crippen LogP) is 3.98. The van der Waals surface area contributed by atoms with Crippen molar-refractivity contribution in [3.8, 4) is 16.1 Å². The third-order valence-corrected chi connectivity index (χ3v) is 6.48. The number of amides is 1. The number of thiophene rings is 1. The van der Waals surface area contributed by atoms with Crippen molar-refractivity contribution < 1.29 is 18.0 Å². The number of nitrogens with one attached hydrogen (secondary N) is 2. The highest BCUT2D eigenvalue weighted by Gasteiger charge is 2.19. The number of carbonyl (C=O) groups excluding carboxylic acids is 1. The minimum atomic E-state index is -0.942. The lowest BCUT2D eigenvalue weighted by molar-refractivity contribution is 0.0933. The summed E-state index contributed by atoms with van der Waals surface area (Å²) in [5, 5.41) is 9.71. The van der Waals surface area contributed by atoms with Gasteiger partial charge in [0.2, 0.25) is 5.95 Å². The van der Waals surface area contributed by atoms with Crippen LogP contribution in [0.2, 0.25) is 0 Å². The molecule has 0 bridgehead atoms. The highest BCUT2D eigenvalue weighted by molar-refractivity contribution is 7.15. The second-order valence-corrected chi connectivity index (χ2v) is 8.75. The average Bonchev–Trinajstić information content (AvgIpc) is 3.32. The number of nitrogens with zero attached hydrogens (tertiary/aromatic N) is 3. The Morgan fingerprint density at radius 3 is 2.63 bits per heavy atom. The number of hydrogen-bond donors (Lipinski definition) is 2. The molecular weight excluding hydrogens is 479 g/mol. The first-order chi connectivity index (χ1) is 16.8. The van der Waals surface area contributed by atoms with Gasteiger partial charge in [-0.05, 0) is 67.6 Å². The molecule has 0 radical (unpaired) electrons. The molecule has 35 heavy (non-hydrogen) atoms. The number of benzene rings is 1. The molecule has 0 fully saturated rings. The molecular formula is C24H20F3N5O2S. The zero-order valence-corrected chi connectivity index (χ0v) is 19.5. The van der Waals surface area contributed by atoms with Crippen LogP contribution in [0.4, 0.5) is 13.2 Å². The van der Waals surface area contributed by atoms with E-state index >= 15 is 0 Å². The summed E-state index contributed by atoms with van der Waals surface area (Å²) in [6.45, 7) is 2.11. The maximum absolute atomic E-state index is 14.0. The average molecular weight is 500 g/mol. The van der Waals surface area contributed by atoms with Gasteiger partial charge < -0.3 is 10.6 Å². The zero-order chi connectivity index (χ0) is 25.1. The van der Waals surface area contributed by atoms with Crippen LogP contribution in [0, 0.1) is 17.6 Å². The van der Waals surface area contributed by atoms with E-state index in [0.717, 1.165) is 27.8 Å². The van der Waals surface area contributed by atoms with Gasteiger partial charge >= 0.3 is 0 Å². The molecule has 0 aliphatic heterocycles. The summed E-state index contributed by atoms with van der Waals surface area (Å²) in [4.78, 5) is 30.0. The molecule has 4 aromatic rings. The largest absolute Gasteiger partial charge is 0.343 e. The second kappa shape index (κ2) is 10.2. The Labute approximate surface area is 202 Å². The van der Waals surface area contributed by atoms with Gasteiger partial charge in [-0.15, -0.1) is 11.3 Å². The van der Waals surface area contributed by atoms with E-state index in [1.807, 2.05) is 0 Å². The van der Waals surface area contributed by atoms with Crippen LogP contribution in [0.5, 0.6) is 0 Å². The number of halogens is 3. The molecule has 1 aromatic carbocycles. The van der Waals surface area contributed by atoms with Crippen LogP contribution < -0.4 is 16.2 Å². The first-order valence-electron chi connectivity index (χ1n) is 10.5. The maximum Gasteiger partial charge on any atom is 0.272 e. The van der Waals surface area contributed by atoms with Crippen LogP contribution in [-0.2, 0) is 6.54 Å². The fraction of sp³-hybridized carbons (Fsp3) is 0.167. The Balaban J connectivity index is 1.56. The summed E-state index contributed by atoms with van der Waals surface area (Å²) in [6.07, 6.45) is 1.24. The van der Waals surface area contributed by atoms with E-state index < -0.39 is 35.1 Å². The van der Waals surface area contributed by atoms with Crippen LogP contribution in [0.15, 0.2) is 59.5 Å². The number of pyridine rings is 1.